The van der Waals surface area contributed by atoms with Crippen LogP contribution in [-0.2, 0) is 4.79 Å². The van der Waals surface area contributed by atoms with Crippen molar-refractivity contribution in [3.05, 3.63) is 0 Å². The van der Waals surface area contributed by atoms with Crippen molar-refractivity contribution in [3.8, 4) is 0 Å². The van der Waals surface area contributed by atoms with E-state index in [4.69, 9.17) is 0 Å². The minimum Gasteiger partial charge on any atom is -0.299 e. The lowest BCUT2D eigenvalue weighted by Gasteiger charge is -2.32. The summed E-state index contributed by atoms with van der Waals surface area (Å²) in [6.07, 6.45) is 7.35. The molecule has 2 rings (SSSR count). The van der Waals surface area contributed by atoms with E-state index in [0.717, 1.165) is 0 Å². The molecule has 0 aromatic heterocycles. The maximum atomic E-state index is 11.4. The van der Waals surface area contributed by atoms with Gasteiger partial charge in [-0.2, -0.15) is 0 Å². The lowest BCUT2D eigenvalue weighted by atomic mass is 9.71. The molecule has 0 saturated heterocycles. The lowest BCUT2D eigenvalue weighted by molar-refractivity contribution is -0.131. The number of ketones is 1. The van der Waals surface area contributed by atoms with Crippen molar-refractivity contribution in [3.63, 3.8) is 0 Å². The van der Waals surface area contributed by atoms with Crippen molar-refractivity contribution in [2.24, 2.45) is 11.8 Å². The van der Waals surface area contributed by atoms with Gasteiger partial charge in [0.2, 0.25) is 0 Å². The zero-order valence-electron chi connectivity index (χ0n) is 7.53. The van der Waals surface area contributed by atoms with Crippen LogP contribution in [-0.4, -0.2) is 5.78 Å². The highest BCUT2D eigenvalue weighted by molar-refractivity contribution is 5.86. The van der Waals surface area contributed by atoms with E-state index >= 15 is 0 Å². The number of Topliss-reactive ketones (excluding diaryl/α,β-unsaturated/α-hetero) is 1. The van der Waals surface area contributed by atoms with Crippen LogP contribution in [0.2, 0.25) is 0 Å². The van der Waals surface area contributed by atoms with Crippen molar-refractivity contribution in [2.45, 2.75) is 38.5 Å². The summed E-state index contributed by atoms with van der Waals surface area (Å²) in [5.74, 6) is 1.58. The van der Waals surface area contributed by atoms with Crippen molar-refractivity contribution in [1.82, 2.24) is 0 Å². The Morgan fingerprint density at radius 2 is 1.08 bits per heavy atom. The second kappa shape index (κ2) is 6.92. The van der Waals surface area contributed by atoms with Gasteiger partial charge in [-0.05, 0) is 25.7 Å². The first-order valence-electron chi connectivity index (χ1n) is 4.41. The van der Waals surface area contributed by atoms with E-state index in [1.54, 1.807) is 0 Å². The molecule has 0 N–H and O–H groups in total. The van der Waals surface area contributed by atoms with Crippen LogP contribution in [0.1, 0.15) is 38.5 Å². The summed E-state index contributed by atoms with van der Waals surface area (Å²) < 4.78 is 0. The van der Waals surface area contributed by atoms with Crippen molar-refractivity contribution in [1.29, 1.82) is 0 Å². The van der Waals surface area contributed by atoms with Gasteiger partial charge in [-0.25, -0.2) is 0 Å². The summed E-state index contributed by atoms with van der Waals surface area (Å²) in [6.45, 7) is 0. The largest absolute Gasteiger partial charge is 0.299 e. The van der Waals surface area contributed by atoms with Crippen LogP contribution in [0.15, 0.2) is 0 Å². The van der Waals surface area contributed by atoms with Crippen LogP contribution < -0.4 is 0 Å². The first-order valence-corrected chi connectivity index (χ1v) is 4.41. The Balaban J connectivity index is 0. The number of carbonyl (C=O) groups is 1. The molecule has 0 bridgehead atoms. The van der Waals surface area contributed by atoms with Crippen LogP contribution in [0.5, 0.6) is 0 Å². The quantitative estimate of drug-likeness (QED) is 0.731. The van der Waals surface area contributed by atoms with Gasteiger partial charge in [0.25, 0.3) is 0 Å². The van der Waals surface area contributed by atoms with Gasteiger partial charge in [-0.3, -0.25) is 4.79 Å². The summed E-state index contributed by atoms with van der Waals surface area (Å²) >= 11 is 0. The summed E-state index contributed by atoms with van der Waals surface area (Å²) in [7, 11) is 0. The third-order valence-corrected chi connectivity index (χ3v) is 3.02. The third-order valence-electron chi connectivity index (χ3n) is 3.02. The minimum absolute atomic E-state index is 0. The van der Waals surface area contributed by atoms with E-state index in [1.807, 2.05) is 0 Å². The van der Waals surface area contributed by atoms with Crippen molar-refractivity contribution < 1.29 is 4.79 Å². The predicted octanol–water partition coefficient (Wildman–Crippen LogP) is 3.42. The van der Waals surface area contributed by atoms with E-state index in [1.165, 1.54) is 38.5 Å². The van der Waals surface area contributed by atoms with Gasteiger partial charge in [-0.15, -0.1) is 37.2 Å². The lowest BCUT2D eigenvalue weighted by Crippen LogP contribution is -2.32. The number of halogens is 3. The van der Waals surface area contributed by atoms with Gasteiger partial charge in [0.05, 0.1) is 0 Å². The molecule has 2 aliphatic carbocycles. The van der Waals surface area contributed by atoms with Crippen LogP contribution >= 0.6 is 37.2 Å². The normalized spacial score (nSPS) is 20.9. The molecule has 0 atom stereocenters. The molecular formula is C9H17Cl3O. The van der Waals surface area contributed by atoms with Gasteiger partial charge in [-0.1, -0.05) is 12.8 Å². The minimum atomic E-state index is 0. The smallest absolute Gasteiger partial charge is 0.139 e. The Hall–Kier alpha value is 0.540. The fourth-order valence-corrected chi connectivity index (χ4v) is 1.72. The molecule has 0 spiro atoms. The molecule has 0 aliphatic heterocycles. The molecule has 2 aliphatic rings. The molecule has 0 radical (unpaired) electrons. The van der Waals surface area contributed by atoms with E-state index < -0.39 is 0 Å². The number of carbonyl (C=O) groups excluding carboxylic acids is 1. The van der Waals surface area contributed by atoms with E-state index in [0.29, 0.717) is 17.6 Å². The van der Waals surface area contributed by atoms with Gasteiger partial charge < -0.3 is 0 Å². The summed E-state index contributed by atoms with van der Waals surface area (Å²) in [5.41, 5.74) is 0. The number of rotatable bonds is 2. The molecule has 0 unspecified atom stereocenters. The highest BCUT2D eigenvalue weighted by Crippen LogP contribution is 2.36. The van der Waals surface area contributed by atoms with Crippen molar-refractivity contribution in [2.75, 3.05) is 0 Å². The fraction of sp³-hybridized carbons (Fsp3) is 0.889. The van der Waals surface area contributed by atoms with Gasteiger partial charge in [0, 0.05) is 11.8 Å². The van der Waals surface area contributed by atoms with Crippen LogP contribution in [0, 0.1) is 11.8 Å². The van der Waals surface area contributed by atoms with Crippen LogP contribution in [0.4, 0.5) is 0 Å². The highest BCUT2D eigenvalue weighted by atomic mass is 35.5. The second-order valence-corrected chi connectivity index (χ2v) is 3.66. The highest BCUT2D eigenvalue weighted by Gasteiger charge is 2.33. The van der Waals surface area contributed by atoms with E-state index in [-0.39, 0.29) is 37.2 Å². The Morgan fingerprint density at radius 3 is 1.23 bits per heavy atom. The Bertz CT molecular complexity index is 137. The maximum absolute atomic E-state index is 11.4. The second-order valence-electron chi connectivity index (χ2n) is 3.66. The molecule has 0 heterocycles. The van der Waals surface area contributed by atoms with E-state index in [9.17, 15) is 4.79 Å². The maximum Gasteiger partial charge on any atom is 0.139 e. The summed E-state index contributed by atoms with van der Waals surface area (Å²) in [5, 5.41) is 0. The molecule has 2 fully saturated rings. The molecule has 0 aromatic rings. The zero-order valence-corrected chi connectivity index (χ0v) is 9.98. The number of hydrogen-bond acceptors (Lipinski definition) is 1. The van der Waals surface area contributed by atoms with Crippen LogP contribution in [0.3, 0.4) is 0 Å². The van der Waals surface area contributed by atoms with E-state index in [2.05, 4.69) is 0 Å². The molecule has 1 nitrogen and oxygen atoms in total. The molecular weight excluding hydrogens is 230 g/mol. The summed E-state index contributed by atoms with van der Waals surface area (Å²) in [4.78, 5) is 11.4. The predicted molar refractivity (Wildman–Crippen MR) is 61.4 cm³/mol. The molecule has 0 amide bonds. The van der Waals surface area contributed by atoms with Gasteiger partial charge in [0.1, 0.15) is 5.78 Å². The first kappa shape index (κ1) is 16.0. The molecule has 2 saturated carbocycles. The van der Waals surface area contributed by atoms with Gasteiger partial charge >= 0.3 is 0 Å². The average molecular weight is 248 g/mol. The Labute approximate surface area is 98.3 Å². The topological polar surface area (TPSA) is 17.1 Å². The number of hydrogen-bond donors (Lipinski definition) is 0. The first-order chi connectivity index (χ1) is 4.88. The molecule has 0 aromatic carbocycles. The SMILES string of the molecule is Cl.Cl.Cl.O=C(C1CCC1)C1CCC1. The molecule has 80 valence electrons. The molecule has 4 heteroatoms. The Kier molecular flexibility index (Phi) is 8.50. The fourth-order valence-electron chi connectivity index (χ4n) is 1.72. The molecule has 13 heavy (non-hydrogen) atoms. The Morgan fingerprint density at radius 1 is 0.769 bits per heavy atom. The van der Waals surface area contributed by atoms with Crippen LogP contribution in [0.25, 0.3) is 0 Å². The van der Waals surface area contributed by atoms with Gasteiger partial charge in [0.15, 0.2) is 0 Å². The van der Waals surface area contributed by atoms with Crippen molar-refractivity contribution >= 4 is 43.0 Å². The summed E-state index contributed by atoms with van der Waals surface area (Å²) in [6, 6.07) is 0. The third kappa shape index (κ3) is 3.30. The zero-order chi connectivity index (χ0) is 6.97. The standard InChI is InChI=1S/C9H14O.3ClH/c10-9(7-3-1-4-7)8-5-2-6-8;;;/h7-8H,1-6H2;3*1H. The monoisotopic (exact) mass is 246 g/mol. The average Bonchev–Trinajstić information content (AvgIpc) is 1.52.